The zero-order valence-corrected chi connectivity index (χ0v) is 12.0. The van der Waals surface area contributed by atoms with E-state index in [-0.39, 0.29) is 23.3 Å². The monoisotopic (exact) mass is 292 g/mol. The number of benzene rings is 1. The van der Waals surface area contributed by atoms with Gasteiger partial charge in [0.1, 0.15) is 10.7 Å². The van der Waals surface area contributed by atoms with Gasteiger partial charge in [-0.15, -0.1) is 0 Å². The van der Waals surface area contributed by atoms with Gasteiger partial charge in [-0.05, 0) is 24.1 Å². The second kappa shape index (κ2) is 6.00. The minimum absolute atomic E-state index is 0.126. The molecule has 5 nitrogen and oxygen atoms in total. The smallest absolute Gasteiger partial charge is 0.229 e. The van der Waals surface area contributed by atoms with Gasteiger partial charge in [0.15, 0.2) is 0 Å². The van der Waals surface area contributed by atoms with Crippen molar-refractivity contribution in [3.63, 3.8) is 0 Å². The number of ether oxygens (including phenoxy) is 1. The molecule has 20 heavy (non-hydrogen) atoms. The molecular weight excluding hydrogens is 276 g/mol. The van der Waals surface area contributed by atoms with E-state index in [0.717, 1.165) is 5.56 Å². The second-order valence-electron chi connectivity index (χ2n) is 4.63. The molecule has 1 heterocycles. The van der Waals surface area contributed by atoms with Gasteiger partial charge in [0.2, 0.25) is 11.8 Å². The molecule has 1 fully saturated rings. The molecule has 6 heteroatoms. The number of carbonyl (C=O) groups excluding carboxylic acids is 2. The fourth-order valence-corrected chi connectivity index (χ4v) is 2.36. The number of piperidine rings is 1. The average molecular weight is 292 g/mol. The molecular formula is C14H16N2O3S. The Kier molecular flexibility index (Phi) is 4.34. The number of hydrogen-bond donors (Lipinski definition) is 1. The number of likely N-dealkylation sites (tertiary alicyclic amines) is 1. The molecule has 0 bridgehead atoms. The number of nitrogens with two attached hydrogens (primary N) is 1. The third-order valence-corrected chi connectivity index (χ3v) is 3.48. The van der Waals surface area contributed by atoms with Crippen molar-refractivity contribution in [3.8, 4) is 5.75 Å². The summed E-state index contributed by atoms with van der Waals surface area (Å²) in [7, 11) is 1.53. The maximum Gasteiger partial charge on any atom is 0.229 e. The highest BCUT2D eigenvalue weighted by Crippen LogP contribution is 2.22. The van der Waals surface area contributed by atoms with E-state index in [0.29, 0.717) is 30.6 Å². The minimum Gasteiger partial charge on any atom is -0.496 e. The number of thiocarbonyl (C=S) groups is 1. The van der Waals surface area contributed by atoms with Crippen LogP contribution in [0.25, 0.3) is 0 Å². The van der Waals surface area contributed by atoms with Crippen LogP contribution in [0.2, 0.25) is 0 Å². The van der Waals surface area contributed by atoms with Crippen molar-refractivity contribution in [2.24, 2.45) is 5.73 Å². The number of nitrogens with zero attached hydrogens (tertiary/aromatic N) is 1. The quantitative estimate of drug-likeness (QED) is 0.670. The Balaban J connectivity index is 2.23. The van der Waals surface area contributed by atoms with E-state index in [2.05, 4.69) is 0 Å². The summed E-state index contributed by atoms with van der Waals surface area (Å²) in [5.41, 5.74) is 7.05. The fraction of sp³-hybridized carbons (Fsp3) is 0.357. The molecule has 1 aromatic rings. The van der Waals surface area contributed by atoms with Crippen LogP contribution in [0.15, 0.2) is 18.2 Å². The highest BCUT2D eigenvalue weighted by molar-refractivity contribution is 7.80. The number of rotatable bonds is 4. The lowest BCUT2D eigenvalue weighted by molar-refractivity contribution is -0.148. The molecule has 0 saturated carbocycles. The molecule has 1 saturated heterocycles. The average Bonchev–Trinajstić information content (AvgIpc) is 2.42. The van der Waals surface area contributed by atoms with E-state index in [1.165, 1.54) is 12.0 Å². The van der Waals surface area contributed by atoms with Crippen molar-refractivity contribution < 1.29 is 14.3 Å². The molecule has 2 rings (SSSR count). The third-order valence-electron chi connectivity index (χ3n) is 3.26. The Morgan fingerprint density at radius 1 is 1.35 bits per heavy atom. The van der Waals surface area contributed by atoms with Crippen LogP contribution in [0.3, 0.4) is 0 Å². The van der Waals surface area contributed by atoms with E-state index >= 15 is 0 Å². The summed E-state index contributed by atoms with van der Waals surface area (Å²) in [5, 5.41) is 0. The first-order chi connectivity index (χ1) is 9.52. The van der Waals surface area contributed by atoms with E-state index in [1.54, 1.807) is 18.2 Å². The lowest BCUT2D eigenvalue weighted by atomic mass is 10.1. The van der Waals surface area contributed by atoms with Crippen molar-refractivity contribution in [2.45, 2.75) is 25.8 Å². The molecule has 2 amide bonds. The molecule has 1 aliphatic rings. The van der Waals surface area contributed by atoms with Crippen LogP contribution in [0.5, 0.6) is 5.75 Å². The number of amides is 2. The molecule has 0 aromatic heterocycles. The van der Waals surface area contributed by atoms with E-state index in [1.807, 2.05) is 0 Å². The Morgan fingerprint density at radius 2 is 2.00 bits per heavy atom. The molecule has 0 radical (unpaired) electrons. The lowest BCUT2D eigenvalue weighted by Crippen LogP contribution is -2.39. The molecule has 2 N–H and O–H groups in total. The van der Waals surface area contributed by atoms with Gasteiger partial charge in [-0.1, -0.05) is 18.3 Å². The van der Waals surface area contributed by atoms with Crippen LogP contribution in [0.4, 0.5) is 0 Å². The van der Waals surface area contributed by atoms with Crippen LogP contribution in [-0.4, -0.2) is 28.8 Å². The van der Waals surface area contributed by atoms with Gasteiger partial charge >= 0.3 is 0 Å². The van der Waals surface area contributed by atoms with Gasteiger partial charge in [-0.2, -0.15) is 0 Å². The first-order valence-corrected chi connectivity index (χ1v) is 6.73. The summed E-state index contributed by atoms with van der Waals surface area (Å²) in [6.07, 6.45) is 1.49. The Hall–Kier alpha value is -1.95. The van der Waals surface area contributed by atoms with Crippen molar-refractivity contribution in [3.05, 3.63) is 29.3 Å². The van der Waals surface area contributed by atoms with E-state index in [9.17, 15) is 9.59 Å². The summed E-state index contributed by atoms with van der Waals surface area (Å²) in [4.78, 5) is 25.1. The highest BCUT2D eigenvalue weighted by atomic mass is 32.1. The topological polar surface area (TPSA) is 72.6 Å². The molecule has 0 unspecified atom stereocenters. The van der Waals surface area contributed by atoms with Gasteiger partial charge < -0.3 is 10.5 Å². The Morgan fingerprint density at radius 3 is 2.55 bits per heavy atom. The molecule has 0 spiro atoms. The number of methoxy groups -OCH3 is 1. The van der Waals surface area contributed by atoms with E-state index in [4.69, 9.17) is 22.7 Å². The maximum absolute atomic E-state index is 11.8. The maximum atomic E-state index is 11.8. The first-order valence-electron chi connectivity index (χ1n) is 6.33. The summed E-state index contributed by atoms with van der Waals surface area (Å²) in [6.45, 7) is 0.256. The van der Waals surface area contributed by atoms with Gasteiger partial charge in [-0.3, -0.25) is 14.5 Å². The lowest BCUT2D eigenvalue weighted by Gasteiger charge is -2.25. The molecule has 106 valence electrons. The zero-order valence-electron chi connectivity index (χ0n) is 11.2. The predicted molar refractivity (Wildman–Crippen MR) is 78.3 cm³/mol. The highest BCUT2D eigenvalue weighted by Gasteiger charge is 2.26. The number of imide groups is 1. The van der Waals surface area contributed by atoms with Gasteiger partial charge in [0.25, 0.3) is 0 Å². The standard InChI is InChI=1S/C14H16N2O3S/c1-19-11-7-9(5-6-10(11)14(15)20)8-16-12(17)3-2-4-13(16)18/h5-7H,2-4,8H2,1H3,(H2,15,20). The molecule has 1 aliphatic heterocycles. The van der Waals surface area contributed by atoms with Crippen molar-refractivity contribution >= 4 is 29.0 Å². The SMILES string of the molecule is COc1cc(CN2C(=O)CCCC2=O)ccc1C(N)=S. The second-order valence-corrected chi connectivity index (χ2v) is 5.07. The van der Waals surface area contributed by atoms with Gasteiger partial charge in [-0.25, -0.2) is 0 Å². The van der Waals surface area contributed by atoms with Gasteiger partial charge in [0, 0.05) is 12.8 Å². The van der Waals surface area contributed by atoms with Crippen molar-refractivity contribution in [2.75, 3.05) is 7.11 Å². The van der Waals surface area contributed by atoms with Gasteiger partial charge in [0.05, 0.1) is 19.2 Å². The van der Waals surface area contributed by atoms with Crippen LogP contribution >= 0.6 is 12.2 Å². The summed E-state index contributed by atoms with van der Waals surface area (Å²) >= 11 is 4.94. The van der Waals surface area contributed by atoms with Crippen LogP contribution in [-0.2, 0) is 16.1 Å². The molecule has 0 aliphatic carbocycles. The third kappa shape index (κ3) is 2.96. The summed E-state index contributed by atoms with van der Waals surface area (Å²) in [5.74, 6) is 0.296. The summed E-state index contributed by atoms with van der Waals surface area (Å²) < 4.78 is 5.23. The van der Waals surface area contributed by atoms with Crippen molar-refractivity contribution in [1.29, 1.82) is 0 Å². The molecule has 1 aromatic carbocycles. The number of carbonyl (C=O) groups is 2. The minimum atomic E-state index is -0.126. The summed E-state index contributed by atoms with van der Waals surface area (Å²) in [6, 6.07) is 5.30. The van der Waals surface area contributed by atoms with Crippen LogP contribution < -0.4 is 10.5 Å². The molecule has 0 atom stereocenters. The first kappa shape index (κ1) is 14.5. The predicted octanol–water partition coefficient (Wildman–Crippen LogP) is 1.37. The zero-order chi connectivity index (χ0) is 14.7. The Labute approximate surface area is 122 Å². The van der Waals surface area contributed by atoms with Crippen LogP contribution in [0, 0.1) is 0 Å². The largest absolute Gasteiger partial charge is 0.496 e. The Bertz CT molecular complexity index is 556. The normalized spacial score (nSPS) is 15.3. The van der Waals surface area contributed by atoms with E-state index < -0.39 is 0 Å². The fourth-order valence-electron chi connectivity index (χ4n) is 2.20. The van der Waals surface area contributed by atoms with Crippen LogP contribution in [0.1, 0.15) is 30.4 Å². The van der Waals surface area contributed by atoms with Crippen molar-refractivity contribution in [1.82, 2.24) is 4.90 Å². The number of hydrogen-bond acceptors (Lipinski definition) is 4.